The molecule has 1 atom stereocenters. The van der Waals surface area contributed by atoms with Crippen LogP contribution in [0.1, 0.15) is 19.3 Å². The van der Waals surface area contributed by atoms with Crippen molar-refractivity contribution in [2.24, 2.45) is 0 Å². The summed E-state index contributed by atoms with van der Waals surface area (Å²) in [7, 11) is 0. The van der Waals surface area contributed by atoms with E-state index in [2.05, 4.69) is 5.32 Å². The van der Waals surface area contributed by atoms with E-state index in [9.17, 15) is 4.79 Å². The number of carbonyl (C=O) groups is 1. The molecule has 1 fully saturated rings. The number of carbonyl (C=O) groups excluding carboxylic acids is 1. The lowest BCUT2D eigenvalue weighted by Gasteiger charge is -2.02. The van der Waals surface area contributed by atoms with Crippen molar-refractivity contribution < 1.29 is 9.90 Å². The molecule has 4 nitrogen and oxygen atoms in total. The number of aliphatic hydroxyl groups is 1. The first-order valence-electron chi connectivity index (χ1n) is 3.59. The Bertz CT molecular complexity index is 193. The zero-order chi connectivity index (χ0) is 8.27. The fraction of sp³-hybridized carbons (Fsp3) is 0.714. The molecular weight excluding hydrogens is 144 g/mol. The van der Waals surface area contributed by atoms with Gasteiger partial charge >= 0.3 is 0 Å². The quantitative estimate of drug-likeness (QED) is 0.540. The van der Waals surface area contributed by atoms with E-state index >= 15 is 0 Å². The van der Waals surface area contributed by atoms with E-state index in [0.29, 0.717) is 6.04 Å². The van der Waals surface area contributed by atoms with E-state index in [4.69, 9.17) is 10.4 Å². The molecule has 1 aliphatic rings. The zero-order valence-electron chi connectivity index (χ0n) is 6.08. The molecule has 0 aromatic rings. The third-order valence-electron chi connectivity index (χ3n) is 1.47. The molecule has 0 aliphatic heterocycles. The summed E-state index contributed by atoms with van der Waals surface area (Å²) in [5.74, 6) is -0.235. The van der Waals surface area contributed by atoms with Gasteiger partial charge in [-0.3, -0.25) is 4.79 Å². The summed E-state index contributed by atoms with van der Waals surface area (Å²) in [6.45, 7) is 0. The molecule has 60 valence electrons. The number of nitrogens with one attached hydrogen (secondary N) is 1. The minimum absolute atomic E-state index is 0.104. The van der Waals surface area contributed by atoms with Crippen molar-refractivity contribution in [2.45, 2.75) is 31.4 Å². The first kappa shape index (κ1) is 8.02. The maximum atomic E-state index is 10.8. The Labute approximate surface area is 64.8 Å². The van der Waals surface area contributed by atoms with Crippen LogP contribution in [0.3, 0.4) is 0 Å². The normalized spacial score (nSPS) is 18.5. The second-order valence-corrected chi connectivity index (χ2v) is 2.69. The van der Waals surface area contributed by atoms with Crippen LogP contribution in [0.25, 0.3) is 0 Å². The lowest BCUT2D eigenvalue weighted by Crippen LogP contribution is -2.28. The maximum absolute atomic E-state index is 10.8. The number of nitrogens with zero attached hydrogens (tertiary/aromatic N) is 1. The van der Waals surface area contributed by atoms with Crippen molar-refractivity contribution in [1.29, 1.82) is 5.26 Å². The molecule has 0 saturated heterocycles. The number of hydrogen-bond donors (Lipinski definition) is 2. The third-order valence-corrected chi connectivity index (χ3v) is 1.47. The topological polar surface area (TPSA) is 73.1 Å². The van der Waals surface area contributed by atoms with Gasteiger partial charge in [0.1, 0.15) is 6.10 Å². The summed E-state index contributed by atoms with van der Waals surface area (Å²) in [6.07, 6.45) is 0.782. The highest BCUT2D eigenvalue weighted by Crippen LogP contribution is 2.18. The summed E-state index contributed by atoms with van der Waals surface area (Å²) in [4.78, 5) is 10.8. The van der Waals surface area contributed by atoms with Crippen LogP contribution in [0.15, 0.2) is 0 Å². The van der Waals surface area contributed by atoms with Gasteiger partial charge in [-0.2, -0.15) is 5.26 Å². The smallest absolute Gasteiger partial charge is 0.223 e. The van der Waals surface area contributed by atoms with Crippen LogP contribution in [-0.4, -0.2) is 23.2 Å². The average Bonchev–Trinajstić information content (AvgIpc) is 2.71. The number of nitriles is 1. The molecule has 1 aliphatic carbocycles. The Morgan fingerprint density at radius 3 is 2.91 bits per heavy atom. The molecule has 0 heterocycles. The monoisotopic (exact) mass is 154 g/mol. The Morgan fingerprint density at radius 2 is 2.45 bits per heavy atom. The molecular formula is C7H10N2O2. The van der Waals surface area contributed by atoms with Gasteiger partial charge < -0.3 is 10.4 Å². The molecule has 11 heavy (non-hydrogen) atoms. The summed E-state index contributed by atoms with van der Waals surface area (Å²) in [5.41, 5.74) is 0. The van der Waals surface area contributed by atoms with Gasteiger partial charge in [-0.05, 0) is 12.8 Å². The van der Waals surface area contributed by atoms with Crippen LogP contribution in [0, 0.1) is 11.3 Å². The van der Waals surface area contributed by atoms with Crippen molar-refractivity contribution in [3.63, 3.8) is 0 Å². The molecule has 0 radical (unpaired) electrons. The first-order chi connectivity index (χ1) is 5.22. The highest BCUT2D eigenvalue weighted by atomic mass is 16.3. The lowest BCUT2D eigenvalue weighted by atomic mass is 10.2. The Morgan fingerprint density at radius 1 is 1.82 bits per heavy atom. The minimum Gasteiger partial charge on any atom is -0.378 e. The molecule has 2 N–H and O–H groups in total. The van der Waals surface area contributed by atoms with Gasteiger partial charge in [0.15, 0.2) is 0 Å². The molecule has 1 amide bonds. The maximum Gasteiger partial charge on any atom is 0.223 e. The van der Waals surface area contributed by atoms with E-state index in [1.807, 2.05) is 0 Å². The molecule has 0 spiro atoms. The summed E-state index contributed by atoms with van der Waals surface area (Å²) in [6, 6.07) is 1.88. The molecule has 1 saturated carbocycles. The van der Waals surface area contributed by atoms with E-state index in [1.165, 1.54) is 0 Å². The largest absolute Gasteiger partial charge is 0.378 e. The standard InChI is InChI=1S/C7H10N2O2/c8-4-6(10)3-7(11)9-5-1-2-5/h5-6,10H,1-3H2,(H,9,11). The number of hydrogen-bond acceptors (Lipinski definition) is 3. The fourth-order valence-electron chi connectivity index (χ4n) is 0.736. The van der Waals surface area contributed by atoms with Crippen molar-refractivity contribution in [1.82, 2.24) is 5.32 Å². The highest BCUT2D eigenvalue weighted by Gasteiger charge is 2.23. The van der Waals surface area contributed by atoms with Crippen LogP contribution in [0.2, 0.25) is 0 Å². The minimum atomic E-state index is -1.16. The summed E-state index contributed by atoms with van der Waals surface area (Å²) in [5, 5.41) is 19.6. The summed E-state index contributed by atoms with van der Waals surface area (Å²) < 4.78 is 0. The zero-order valence-corrected chi connectivity index (χ0v) is 6.08. The second kappa shape index (κ2) is 3.35. The van der Waals surface area contributed by atoms with Crippen LogP contribution in [0.5, 0.6) is 0 Å². The highest BCUT2D eigenvalue weighted by molar-refractivity contribution is 5.77. The van der Waals surface area contributed by atoms with Gasteiger partial charge in [0.25, 0.3) is 0 Å². The van der Waals surface area contributed by atoms with Gasteiger partial charge in [-0.25, -0.2) is 0 Å². The molecule has 0 bridgehead atoms. The molecule has 1 unspecified atom stereocenters. The van der Waals surface area contributed by atoms with Crippen LogP contribution >= 0.6 is 0 Å². The van der Waals surface area contributed by atoms with Gasteiger partial charge in [0, 0.05) is 6.04 Å². The van der Waals surface area contributed by atoms with E-state index in [-0.39, 0.29) is 12.3 Å². The Kier molecular flexibility index (Phi) is 2.44. The van der Waals surface area contributed by atoms with Crippen molar-refractivity contribution >= 4 is 5.91 Å². The van der Waals surface area contributed by atoms with Gasteiger partial charge in [0.05, 0.1) is 12.5 Å². The van der Waals surface area contributed by atoms with Crippen LogP contribution in [-0.2, 0) is 4.79 Å². The number of aliphatic hydroxyl groups excluding tert-OH is 1. The number of rotatable bonds is 3. The molecule has 4 heteroatoms. The van der Waals surface area contributed by atoms with Crippen molar-refractivity contribution in [3.05, 3.63) is 0 Å². The van der Waals surface area contributed by atoms with Crippen molar-refractivity contribution in [2.75, 3.05) is 0 Å². The summed E-state index contributed by atoms with van der Waals surface area (Å²) >= 11 is 0. The predicted octanol–water partition coefficient (Wildman–Crippen LogP) is -0.460. The molecule has 0 aromatic heterocycles. The van der Waals surface area contributed by atoms with Crippen LogP contribution in [0.4, 0.5) is 0 Å². The predicted molar refractivity (Wildman–Crippen MR) is 37.4 cm³/mol. The molecule has 1 rings (SSSR count). The average molecular weight is 154 g/mol. The van der Waals surface area contributed by atoms with Gasteiger partial charge in [0.2, 0.25) is 5.91 Å². The lowest BCUT2D eigenvalue weighted by molar-refractivity contribution is -0.122. The third kappa shape index (κ3) is 3.01. The fourth-order valence-corrected chi connectivity index (χ4v) is 0.736. The Balaban J connectivity index is 2.15. The van der Waals surface area contributed by atoms with Gasteiger partial charge in [-0.15, -0.1) is 0 Å². The van der Waals surface area contributed by atoms with E-state index in [1.54, 1.807) is 6.07 Å². The SMILES string of the molecule is N#CC(O)CC(=O)NC1CC1. The first-order valence-corrected chi connectivity index (χ1v) is 3.59. The Hall–Kier alpha value is -1.08. The van der Waals surface area contributed by atoms with Gasteiger partial charge in [-0.1, -0.05) is 0 Å². The number of amides is 1. The second-order valence-electron chi connectivity index (χ2n) is 2.69. The van der Waals surface area contributed by atoms with Crippen molar-refractivity contribution in [3.8, 4) is 6.07 Å². The van der Waals surface area contributed by atoms with Crippen LogP contribution < -0.4 is 5.32 Å². The van der Waals surface area contributed by atoms with E-state index < -0.39 is 6.10 Å². The molecule has 0 aromatic carbocycles. The van der Waals surface area contributed by atoms with E-state index in [0.717, 1.165) is 12.8 Å².